The molecule has 6 aromatic rings. The van der Waals surface area contributed by atoms with Gasteiger partial charge in [0.2, 0.25) is 5.92 Å². The van der Waals surface area contributed by atoms with E-state index < -0.39 is 90.4 Å². The second kappa shape index (κ2) is 21.6. The van der Waals surface area contributed by atoms with Crippen LogP contribution in [-0.2, 0) is 23.9 Å². The minimum absolute atomic E-state index is 0.0131. The van der Waals surface area contributed by atoms with E-state index in [1.807, 2.05) is 0 Å². The van der Waals surface area contributed by atoms with Crippen molar-refractivity contribution in [2.75, 3.05) is 0 Å². The molecule has 0 aliphatic heterocycles. The number of halogens is 14. The SMILES string of the molecule is NC(Cc1ccccc1)(c1cccc(OC(F)(F)F)c1)c1cccc(OC(F)(F)F)c1.O=C(N[C@@H]1CCC(F)(F)C1)NC(Cc1ccccc1)(c1cccc(OC(F)(F)F)c1)c1cccc(OC(F)(F)F)c1. The molecule has 0 radical (unpaired) electrons. The second-order valence-corrected chi connectivity index (χ2v) is 16.4. The summed E-state index contributed by atoms with van der Waals surface area (Å²) in [6, 6.07) is 34.6. The number of carbonyl (C=O) groups is 1. The van der Waals surface area contributed by atoms with Gasteiger partial charge in [-0.05, 0) is 94.8 Å². The molecule has 1 aliphatic carbocycles. The van der Waals surface area contributed by atoms with Crippen molar-refractivity contribution >= 4 is 6.03 Å². The van der Waals surface area contributed by atoms with Crippen molar-refractivity contribution in [3.8, 4) is 23.0 Å². The monoisotopic (exact) mass is 1030 g/mol. The van der Waals surface area contributed by atoms with Crippen LogP contribution in [-0.4, -0.2) is 43.4 Å². The maximum Gasteiger partial charge on any atom is 0.573 e. The third-order valence-electron chi connectivity index (χ3n) is 11.0. The van der Waals surface area contributed by atoms with Gasteiger partial charge in [-0.15, -0.1) is 52.7 Å². The third kappa shape index (κ3) is 15.9. The number of ether oxygens (including phenoxy) is 4. The van der Waals surface area contributed by atoms with Gasteiger partial charge in [0.15, 0.2) is 0 Å². The number of rotatable bonds is 14. The fourth-order valence-electron chi connectivity index (χ4n) is 8.10. The molecule has 0 unspecified atom stereocenters. The summed E-state index contributed by atoms with van der Waals surface area (Å²) in [5.41, 5.74) is 5.12. The van der Waals surface area contributed by atoms with Crippen molar-refractivity contribution in [1.82, 2.24) is 10.6 Å². The Morgan fingerprint density at radius 2 is 0.847 bits per heavy atom. The summed E-state index contributed by atoms with van der Waals surface area (Å²) in [6.45, 7) is 0. The lowest BCUT2D eigenvalue weighted by Crippen LogP contribution is -2.53. The number of benzene rings is 6. The van der Waals surface area contributed by atoms with Gasteiger partial charge in [-0.25, -0.2) is 13.6 Å². The first kappa shape index (κ1) is 54.1. The molecule has 1 atom stereocenters. The van der Waals surface area contributed by atoms with Crippen molar-refractivity contribution in [1.29, 1.82) is 0 Å². The molecule has 384 valence electrons. The van der Waals surface area contributed by atoms with Gasteiger partial charge in [-0.3, -0.25) is 0 Å². The molecule has 0 bridgehead atoms. The molecule has 0 spiro atoms. The van der Waals surface area contributed by atoms with Gasteiger partial charge in [0.1, 0.15) is 23.0 Å². The van der Waals surface area contributed by atoms with E-state index in [2.05, 4.69) is 29.6 Å². The highest BCUT2D eigenvalue weighted by molar-refractivity contribution is 5.77. The van der Waals surface area contributed by atoms with Crippen LogP contribution >= 0.6 is 0 Å². The zero-order valence-electron chi connectivity index (χ0n) is 37.0. The summed E-state index contributed by atoms with van der Waals surface area (Å²) in [7, 11) is 0. The number of urea groups is 1. The zero-order valence-corrected chi connectivity index (χ0v) is 37.0. The quantitative estimate of drug-likeness (QED) is 0.0939. The van der Waals surface area contributed by atoms with Gasteiger partial charge in [-0.2, -0.15) is 0 Å². The highest BCUT2D eigenvalue weighted by Crippen LogP contribution is 2.40. The number of hydrogen-bond acceptors (Lipinski definition) is 6. The first-order valence-electron chi connectivity index (χ1n) is 21.4. The normalized spacial score (nSPS) is 15.1. The minimum Gasteiger partial charge on any atom is -0.406 e. The minimum atomic E-state index is -5.06. The van der Waals surface area contributed by atoms with E-state index in [0.29, 0.717) is 5.56 Å². The Kier molecular flexibility index (Phi) is 16.3. The maximum absolute atomic E-state index is 13.8. The molecular formula is C50H41F14N3O5. The molecule has 1 fully saturated rings. The zero-order chi connectivity index (χ0) is 52.6. The molecule has 1 aliphatic rings. The molecule has 0 aromatic heterocycles. The van der Waals surface area contributed by atoms with Crippen molar-refractivity contribution in [2.45, 2.75) is 80.6 Å². The number of nitrogens with one attached hydrogen (secondary N) is 2. The lowest BCUT2D eigenvalue weighted by atomic mass is 9.77. The predicted molar refractivity (Wildman–Crippen MR) is 233 cm³/mol. The summed E-state index contributed by atoms with van der Waals surface area (Å²) in [4.78, 5) is 13.3. The Bertz CT molecular complexity index is 2620. The highest BCUT2D eigenvalue weighted by Gasteiger charge is 2.43. The maximum atomic E-state index is 13.8. The van der Waals surface area contributed by atoms with E-state index in [1.165, 1.54) is 48.5 Å². The summed E-state index contributed by atoms with van der Waals surface area (Å²) in [5.74, 6) is -5.25. The summed E-state index contributed by atoms with van der Waals surface area (Å²) in [5, 5.41) is 5.15. The molecule has 7 rings (SSSR count). The van der Waals surface area contributed by atoms with E-state index in [9.17, 15) is 66.3 Å². The first-order valence-corrected chi connectivity index (χ1v) is 21.4. The van der Waals surface area contributed by atoms with E-state index in [4.69, 9.17) is 5.73 Å². The van der Waals surface area contributed by atoms with Crippen LogP contribution in [0.5, 0.6) is 23.0 Å². The van der Waals surface area contributed by atoms with Crippen LogP contribution in [0.4, 0.5) is 66.3 Å². The van der Waals surface area contributed by atoms with Crippen LogP contribution in [0.3, 0.4) is 0 Å². The Labute approximate surface area is 401 Å². The van der Waals surface area contributed by atoms with Gasteiger partial charge < -0.3 is 35.3 Å². The van der Waals surface area contributed by atoms with Crippen LogP contribution in [0.25, 0.3) is 0 Å². The number of nitrogens with two attached hydrogens (primary N) is 1. The van der Waals surface area contributed by atoms with Crippen LogP contribution < -0.4 is 35.3 Å². The molecule has 4 N–H and O–H groups in total. The Morgan fingerprint density at radius 3 is 1.19 bits per heavy atom. The highest BCUT2D eigenvalue weighted by atomic mass is 19.4. The summed E-state index contributed by atoms with van der Waals surface area (Å²) < 4.78 is 198. The summed E-state index contributed by atoms with van der Waals surface area (Å²) >= 11 is 0. The van der Waals surface area contributed by atoms with Crippen molar-refractivity contribution in [2.24, 2.45) is 5.73 Å². The van der Waals surface area contributed by atoms with Crippen LogP contribution in [0.15, 0.2) is 158 Å². The number of alkyl halides is 14. The van der Waals surface area contributed by atoms with Gasteiger partial charge >= 0.3 is 31.5 Å². The molecule has 8 nitrogen and oxygen atoms in total. The standard InChI is InChI=1S/C28H24F8N2O3.C22H17F6NO2/c29-25(30)13-12-21(17-25)37-24(39)38-26(16-18-6-2-1-3-7-18,19-8-4-10-22(14-19)40-27(31,32)33)20-9-5-11-23(15-20)41-28(34,35)36;23-21(24,25)30-18-10-4-8-16(12-18)20(29,14-15-6-2-1-3-7-15)17-9-5-11-19(13-17)31-22(26,27)28/h1-11,14-15,21H,12-13,16-17H2,(H2,37,38,39);1-13H,14,29H2/t21-;/m1./s1. The van der Waals surface area contributed by atoms with E-state index in [0.717, 1.165) is 54.1 Å². The Hall–Kier alpha value is -7.23. The molecule has 2 amide bonds. The largest absolute Gasteiger partial charge is 0.573 e. The van der Waals surface area contributed by atoms with E-state index in [-0.39, 0.29) is 41.5 Å². The molecule has 0 heterocycles. The van der Waals surface area contributed by atoms with E-state index in [1.54, 1.807) is 60.7 Å². The van der Waals surface area contributed by atoms with Crippen molar-refractivity contribution in [3.05, 3.63) is 191 Å². The van der Waals surface area contributed by atoms with Crippen LogP contribution in [0.1, 0.15) is 52.6 Å². The second-order valence-electron chi connectivity index (χ2n) is 16.4. The number of amides is 2. The molecule has 6 aromatic carbocycles. The fraction of sp³-hybridized carbons (Fsp3) is 0.260. The van der Waals surface area contributed by atoms with E-state index >= 15 is 0 Å². The van der Waals surface area contributed by atoms with Gasteiger partial charge in [0.25, 0.3) is 0 Å². The van der Waals surface area contributed by atoms with Gasteiger partial charge in [-0.1, -0.05) is 109 Å². The molecule has 1 saturated carbocycles. The third-order valence-corrected chi connectivity index (χ3v) is 11.0. The molecule has 0 saturated heterocycles. The Morgan fingerprint density at radius 1 is 0.500 bits per heavy atom. The average Bonchev–Trinajstić information content (AvgIpc) is 3.62. The predicted octanol–water partition coefficient (Wildman–Crippen LogP) is 13.4. The van der Waals surface area contributed by atoms with Gasteiger partial charge in [0, 0.05) is 25.3 Å². The summed E-state index contributed by atoms with van der Waals surface area (Å²) in [6.07, 6.45) is -21.1. The van der Waals surface area contributed by atoms with Crippen molar-refractivity contribution in [3.63, 3.8) is 0 Å². The lowest BCUT2D eigenvalue weighted by molar-refractivity contribution is -0.275. The number of carbonyl (C=O) groups excluding carboxylic acids is 1. The molecule has 72 heavy (non-hydrogen) atoms. The average molecular weight is 1030 g/mol. The fourth-order valence-corrected chi connectivity index (χ4v) is 8.10. The first-order chi connectivity index (χ1) is 33.6. The smallest absolute Gasteiger partial charge is 0.406 e. The van der Waals surface area contributed by atoms with Gasteiger partial charge in [0.05, 0.1) is 11.1 Å². The molecular weight excluding hydrogens is 989 g/mol. The van der Waals surface area contributed by atoms with Crippen LogP contribution in [0, 0.1) is 0 Å². The van der Waals surface area contributed by atoms with Crippen LogP contribution in [0.2, 0.25) is 0 Å². The van der Waals surface area contributed by atoms with Crippen molar-refractivity contribution < 1.29 is 85.2 Å². The Balaban J connectivity index is 0.000000245. The lowest BCUT2D eigenvalue weighted by Gasteiger charge is -2.37. The number of hydrogen-bond donors (Lipinski definition) is 3. The molecule has 22 heteroatoms. The topological polar surface area (TPSA) is 104 Å².